The van der Waals surface area contributed by atoms with Gasteiger partial charge in [0.15, 0.2) is 0 Å². The predicted octanol–water partition coefficient (Wildman–Crippen LogP) is 5.73. The Bertz CT molecular complexity index is 1300. The van der Waals surface area contributed by atoms with Crippen molar-refractivity contribution >= 4 is 34.2 Å². The zero-order valence-corrected chi connectivity index (χ0v) is 18.0. The highest BCUT2D eigenvalue weighted by Gasteiger charge is 2.20. The van der Waals surface area contributed by atoms with E-state index >= 15 is 0 Å². The summed E-state index contributed by atoms with van der Waals surface area (Å²) >= 11 is -2.56. The molecule has 4 rings (SSSR count). The number of nitrogens with zero attached hydrogens (tertiary/aromatic N) is 1. The second kappa shape index (κ2) is 9.64. The number of phenols is 1. The number of carbonyl (C=O) groups is 1. The average Bonchev–Trinajstić information content (AvgIpc) is 2.83. The van der Waals surface area contributed by atoms with Crippen LogP contribution in [0.2, 0.25) is 0 Å². The van der Waals surface area contributed by atoms with Crippen molar-refractivity contribution in [2.45, 2.75) is 0 Å². The van der Waals surface area contributed by atoms with E-state index in [0.717, 1.165) is 27.6 Å². The molecule has 0 bridgehead atoms. The van der Waals surface area contributed by atoms with Crippen molar-refractivity contribution in [2.24, 2.45) is 0 Å². The Labute approximate surface area is 192 Å². The zero-order chi connectivity index (χ0) is 23.4. The molecule has 166 valence electrons. The fourth-order valence-electron chi connectivity index (χ4n) is 3.30. The summed E-state index contributed by atoms with van der Waals surface area (Å²) in [6.45, 7) is 0. The number of aromatic hydroxyl groups is 1. The third kappa shape index (κ3) is 5.08. The molecule has 33 heavy (non-hydrogen) atoms. The van der Waals surface area contributed by atoms with Crippen molar-refractivity contribution in [1.29, 1.82) is 0 Å². The molecule has 0 saturated carbocycles. The lowest BCUT2D eigenvalue weighted by atomic mass is 10.0. The highest BCUT2D eigenvalue weighted by atomic mass is 32.2. The van der Waals surface area contributed by atoms with Gasteiger partial charge in [0, 0.05) is 11.3 Å². The van der Waals surface area contributed by atoms with E-state index in [2.05, 4.69) is 5.32 Å². The van der Waals surface area contributed by atoms with Crippen molar-refractivity contribution in [1.82, 2.24) is 0 Å². The van der Waals surface area contributed by atoms with Crippen LogP contribution >= 0.6 is 0 Å². The third-order valence-electron chi connectivity index (χ3n) is 4.92. The summed E-state index contributed by atoms with van der Waals surface area (Å²) in [6, 6.07) is 25.9. The number of anilines is 3. The van der Waals surface area contributed by atoms with Gasteiger partial charge in [-0.3, -0.25) is 9.35 Å². The summed E-state index contributed by atoms with van der Waals surface area (Å²) in [5, 5.41) is 13.0. The van der Waals surface area contributed by atoms with Crippen LogP contribution in [0.5, 0.6) is 5.75 Å². The summed E-state index contributed by atoms with van der Waals surface area (Å²) in [7, 11) is 0. The smallest absolute Gasteiger partial charge is 0.266 e. The molecule has 8 heteroatoms. The van der Waals surface area contributed by atoms with Crippen LogP contribution in [-0.4, -0.2) is 19.8 Å². The molecule has 0 aliphatic heterocycles. The Morgan fingerprint density at radius 1 is 0.848 bits per heavy atom. The number of carbonyl (C=O) groups excluding carboxylic acids is 1. The van der Waals surface area contributed by atoms with Crippen LogP contribution in [0.25, 0.3) is 11.1 Å². The van der Waals surface area contributed by atoms with Crippen LogP contribution in [-0.2, 0) is 11.3 Å². The quantitative estimate of drug-likeness (QED) is 0.252. The summed E-state index contributed by atoms with van der Waals surface area (Å²) in [4.78, 5) is 12.7. The summed E-state index contributed by atoms with van der Waals surface area (Å²) in [5.41, 5.74) is 2.89. The molecule has 0 aliphatic rings. The molecular weight excluding hydrogens is 443 g/mol. The molecule has 0 heterocycles. The van der Waals surface area contributed by atoms with Crippen LogP contribution in [0.15, 0.2) is 97.1 Å². The van der Waals surface area contributed by atoms with Gasteiger partial charge in [-0.15, -0.1) is 0 Å². The minimum Gasteiger partial charge on any atom is -0.506 e. The largest absolute Gasteiger partial charge is 0.506 e. The fraction of sp³-hybridized carbons (Fsp3) is 0. The van der Waals surface area contributed by atoms with Crippen LogP contribution in [0.3, 0.4) is 0 Å². The van der Waals surface area contributed by atoms with Crippen molar-refractivity contribution < 1.29 is 23.1 Å². The summed E-state index contributed by atoms with van der Waals surface area (Å²) < 4.78 is 36.0. The minimum atomic E-state index is -2.56. The van der Waals surface area contributed by atoms with Gasteiger partial charge in [-0.05, 0) is 65.7 Å². The third-order valence-corrected chi connectivity index (χ3v) is 5.64. The molecule has 0 saturated heterocycles. The van der Waals surface area contributed by atoms with E-state index in [-0.39, 0.29) is 23.0 Å². The van der Waals surface area contributed by atoms with Gasteiger partial charge in [0.1, 0.15) is 17.3 Å². The Hall–Kier alpha value is -4.01. The maximum Gasteiger partial charge on any atom is 0.266 e. The number of hydrogen-bond acceptors (Lipinski definition) is 3. The van der Waals surface area contributed by atoms with Crippen LogP contribution in [0.1, 0.15) is 10.4 Å². The van der Waals surface area contributed by atoms with Gasteiger partial charge in [-0.2, -0.15) is 0 Å². The normalized spacial score (nSPS) is 11.6. The van der Waals surface area contributed by atoms with E-state index in [4.69, 9.17) is 0 Å². The topological polar surface area (TPSA) is 89.9 Å². The van der Waals surface area contributed by atoms with Crippen LogP contribution in [0.4, 0.5) is 21.5 Å². The molecule has 0 spiro atoms. The molecule has 6 nitrogen and oxygen atoms in total. The molecule has 0 aromatic heterocycles. The highest BCUT2D eigenvalue weighted by molar-refractivity contribution is 7.81. The Morgan fingerprint density at radius 3 is 2.12 bits per heavy atom. The number of nitrogens with one attached hydrogen (secondary N) is 1. The molecule has 0 aliphatic carbocycles. The molecule has 0 fully saturated rings. The lowest BCUT2D eigenvalue weighted by molar-refractivity contribution is 0.102. The van der Waals surface area contributed by atoms with Crippen LogP contribution in [0, 0.1) is 5.82 Å². The fourth-order valence-corrected chi connectivity index (χ4v) is 3.92. The van der Waals surface area contributed by atoms with Crippen molar-refractivity contribution in [3.8, 4) is 16.9 Å². The van der Waals surface area contributed by atoms with Gasteiger partial charge in [0.05, 0.1) is 5.69 Å². The molecule has 4 aromatic carbocycles. The van der Waals surface area contributed by atoms with Gasteiger partial charge in [-0.25, -0.2) is 12.9 Å². The molecule has 3 N–H and O–H groups in total. The van der Waals surface area contributed by atoms with Gasteiger partial charge in [0.2, 0.25) is 0 Å². The predicted molar refractivity (Wildman–Crippen MR) is 127 cm³/mol. The van der Waals surface area contributed by atoms with Crippen molar-refractivity contribution in [3.63, 3.8) is 0 Å². The van der Waals surface area contributed by atoms with Crippen molar-refractivity contribution in [3.05, 3.63) is 108 Å². The van der Waals surface area contributed by atoms with Gasteiger partial charge in [-0.1, -0.05) is 42.5 Å². The second-order valence-electron chi connectivity index (χ2n) is 7.10. The molecule has 0 radical (unpaired) electrons. The van der Waals surface area contributed by atoms with Gasteiger partial charge < -0.3 is 10.4 Å². The second-order valence-corrected chi connectivity index (χ2v) is 7.93. The summed E-state index contributed by atoms with van der Waals surface area (Å²) in [5.74, 6) is -1.18. The maximum atomic E-state index is 13.3. The van der Waals surface area contributed by atoms with E-state index in [0.29, 0.717) is 11.3 Å². The molecule has 1 unspecified atom stereocenters. The Kier molecular flexibility index (Phi) is 6.48. The van der Waals surface area contributed by atoms with Crippen LogP contribution < -0.4 is 9.62 Å². The van der Waals surface area contributed by atoms with E-state index in [1.807, 2.05) is 42.5 Å². The SMILES string of the molecule is O=C(Nc1ccc(O)c(N(c2ccc(F)cc2)S(=O)O)c1)c1ccc(-c2ccccc2)cc1. The van der Waals surface area contributed by atoms with Crippen molar-refractivity contribution in [2.75, 3.05) is 9.62 Å². The monoisotopic (exact) mass is 462 g/mol. The Morgan fingerprint density at radius 2 is 1.48 bits per heavy atom. The average molecular weight is 463 g/mol. The minimum absolute atomic E-state index is 0.0281. The maximum absolute atomic E-state index is 13.3. The number of benzene rings is 4. The summed E-state index contributed by atoms with van der Waals surface area (Å²) in [6.07, 6.45) is 0. The zero-order valence-electron chi connectivity index (χ0n) is 17.2. The van der Waals surface area contributed by atoms with E-state index in [1.54, 1.807) is 12.1 Å². The van der Waals surface area contributed by atoms with E-state index < -0.39 is 17.1 Å². The first-order valence-electron chi connectivity index (χ1n) is 9.89. The molecular formula is C25H19FN2O4S. The number of rotatable bonds is 6. The van der Waals surface area contributed by atoms with Gasteiger partial charge >= 0.3 is 0 Å². The lowest BCUT2D eigenvalue weighted by Crippen LogP contribution is -2.20. The Balaban J connectivity index is 1.58. The first kappa shape index (κ1) is 22.2. The lowest BCUT2D eigenvalue weighted by Gasteiger charge is -2.21. The van der Waals surface area contributed by atoms with E-state index in [1.165, 1.54) is 30.3 Å². The first-order valence-corrected chi connectivity index (χ1v) is 11.0. The number of amides is 1. The standard InChI is InChI=1S/C25H19FN2O4S/c26-20-10-13-22(14-11-20)28(33(31)32)23-16-21(12-15-24(23)29)27-25(30)19-8-6-18(7-9-19)17-4-2-1-3-5-17/h1-16,29H,(H,27,30)(H,31,32). The number of halogens is 1. The van der Waals surface area contributed by atoms with E-state index in [9.17, 15) is 23.1 Å². The number of hydrogen-bond donors (Lipinski definition) is 3. The molecule has 1 atom stereocenters. The number of phenolic OH excluding ortho intramolecular Hbond substituents is 1. The molecule has 4 aromatic rings. The first-order chi connectivity index (χ1) is 15.9. The highest BCUT2D eigenvalue weighted by Crippen LogP contribution is 2.36. The molecule has 1 amide bonds. The van der Waals surface area contributed by atoms with Gasteiger partial charge in [0.25, 0.3) is 17.2 Å².